The summed E-state index contributed by atoms with van der Waals surface area (Å²) in [6.45, 7) is 33.0. The van der Waals surface area contributed by atoms with Gasteiger partial charge in [0.2, 0.25) is 0 Å². The van der Waals surface area contributed by atoms with Gasteiger partial charge in [0.1, 0.15) is 0 Å². The van der Waals surface area contributed by atoms with Crippen LogP contribution in [0.5, 0.6) is 0 Å². The van der Waals surface area contributed by atoms with Crippen LogP contribution in [0.3, 0.4) is 0 Å². The van der Waals surface area contributed by atoms with E-state index in [0.29, 0.717) is 11.8 Å². The monoisotopic (exact) mass is 502 g/mol. The molecule has 3 atom stereocenters. The fraction of sp³-hybridized carbons (Fsp3) is 0.514. The van der Waals surface area contributed by atoms with Gasteiger partial charge in [0.15, 0.2) is 0 Å². The van der Waals surface area contributed by atoms with Gasteiger partial charge in [0, 0.05) is 5.41 Å². The van der Waals surface area contributed by atoms with Crippen LogP contribution in [0.25, 0.3) is 0 Å². The number of allylic oxidation sites excluding steroid dienone is 11. The largest absolute Gasteiger partial charge is 0.103 e. The number of hydrogen-bond donors (Lipinski definition) is 0. The first kappa shape index (κ1) is 34.7. The van der Waals surface area contributed by atoms with Crippen LogP contribution in [0.2, 0.25) is 0 Å². The van der Waals surface area contributed by atoms with Gasteiger partial charge in [0.25, 0.3) is 0 Å². The van der Waals surface area contributed by atoms with Crippen LogP contribution in [0.1, 0.15) is 97.3 Å². The van der Waals surface area contributed by atoms with Crippen LogP contribution in [-0.4, -0.2) is 0 Å². The first-order valence-corrected chi connectivity index (χ1v) is 14.6. The van der Waals surface area contributed by atoms with E-state index in [1.165, 1.54) is 63.4 Å². The van der Waals surface area contributed by atoms with Crippen molar-refractivity contribution in [1.82, 2.24) is 0 Å². The molecule has 0 saturated carbocycles. The molecule has 0 fully saturated rings. The third-order valence-electron chi connectivity index (χ3n) is 7.73. The molecule has 0 rings (SSSR count). The maximum absolute atomic E-state index is 4.21. The zero-order valence-electron chi connectivity index (χ0n) is 24.6. The molecule has 0 aliphatic rings. The highest BCUT2D eigenvalue weighted by molar-refractivity contribution is 5.36. The normalized spacial score (nSPS) is 15.4. The summed E-state index contributed by atoms with van der Waals surface area (Å²) in [6, 6.07) is 0. The topological polar surface area (TPSA) is 0 Å². The maximum Gasteiger partial charge on any atom is 0.0445 e. The minimum atomic E-state index is -0.403. The molecule has 0 heteroatoms. The predicted molar refractivity (Wildman–Crippen MR) is 172 cm³/mol. The molecular formula is C37H58. The minimum Gasteiger partial charge on any atom is -0.103 e. The van der Waals surface area contributed by atoms with Crippen molar-refractivity contribution in [3.63, 3.8) is 0 Å². The van der Waals surface area contributed by atoms with E-state index in [4.69, 9.17) is 0 Å². The van der Waals surface area contributed by atoms with Crippen molar-refractivity contribution in [3.8, 4) is 0 Å². The van der Waals surface area contributed by atoms with E-state index in [1.807, 2.05) is 30.4 Å². The second-order valence-electron chi connectivity index (χ2n) is 11.0. The summed E-state index contributed by atoms with van der Waals surface area (Å²) in [5.74, 6) is 0.951. The molecule has 0 radical (unpaired) electrons. The van der Waals surface area contributed by atoms with Crippen molar-refractivity contribution >= 4 is 0 Å². The summed E-state index contributed by atoms with van der Waals surface area (Å²) in [5, 5.41) is 0. The van der Waals surface area contributed by atoms with Gasteiger partial charge in [-0.1, -0.05) is 112 Å². The zero-order valence-corrected chi connectivity index (χ0v) is 24.6. The zero-order chi connectivity index (χ0) is 28.0. The highest BCUT2D eigenvalue weighted by Gasteiger charge is 2.33. The summed E-state index contributed by atoms with van der Waals surface area (Å²) in [7, 11) is 0. The summed E-state index contributed by atoms with van der Waals surface area (Å²) in [4.78, 5) is 0. The van der Waals surface area contributed by atoms with Crippen molar-refractivity contribution in [3.05, 3.63) is 112 Å². The number of hydrogen-bond acceptors (Lipinski definition) is 0. The standard InChI is InChI=1S/C37H58/c1-10-17-20-22-23-26-29-36(28-25-21-18-11-2,31-34(9)27-24-19-12-3)32-35(30-33(8)13-4)37(14-5,15-6)16-7/h10-16,19,24,32-34H,1-7,17-18,20-23,25-31H2,8-9H3. The molecule has 0 N–H and O–H groups in total. The van der Waals surface area contributed by atoms with Gasteiger partial charge in [-0.15, -0.1) is 39.5 Å². The van der Waals surface area contributed by atoms with E-state index >= 15 is 0 Å². The molecule has 0 nitrogen and oxygen atoms in total. The Morgan fingerprint density at radius 3 is 1.78 bits per heavy atom. The third-order valence-corrected chi connectivity index (χ3v) is 7.73. The Balaban J connectivity index is 6.55. The van der Waals surface area contributed by atoms with Crippen LogP contribution in [0, 0.1) is 22.7 Å². The molecule has 0 bridgehead atoms. The molecular weight excluding hydrogens is 444 g/mol. The summed E-state index contributed by atoms with van der Waals surface area (Å²) < 4.78 is 0. The van der Waals surface area contributed by atoms with E-state index < -0.39 is 5.41 Å². The van der Waals surface area contributed by atoms with Crippen molar-refractivity contribution in [1.29, 1.82) is 0 Å². The summed E-state index contributed by atoms with van der Waals surface area (Å²) in [5.41, 5.74) is 1.08. The molecule has 0 aromatic carbocycles. The first-order chi connectivity index (χ1) is 17.8. The fourth-order valence-electron chi connectivity index (χ4n) is 5.41. The lowest BCUT2D eigenvalue weighted by Gasteiger charge is -2.38. The molecule has 3 unspecified atom stereocenters. The molecule has 0 spiro atoms. The van der Waals surface area contributed by atoms with E-state index in [2.05, 4.69) is 90.3 Å². The maximum atomic E-state index is 4.21. The quantitative estimate of drug-likeness (QED) is 0.0661. The Morgan fingerprint density at radius 2 is 1.27 bits per heavy atom. The first-order valence-electron chi connectivity index (χ1n) is 14.6. The average Bonchev–Trinajstić information content (AvgIpc) is 2.90. The van der Waals surface area contributed by atoms with Crippen molar-refractivity contribution in [2.75, 3.05) is 0 Å². The molecule has 0 aliphatic heterocycles. The molecule has 0 amide bonds. The van der Waals surface area contributed by atoms with E-state index in [1.54, 1.807) is 0 Å². The van der Waals surface area contributed by atoms with Gasteiger partial charge in [-0.2, -0.15) is 0 Å². The minimum absolute atomic E-state index is 0.123. The number of unbranched alkanes of at least 4 members (excludes halogenated alkanes) is 6. The molecule has 206 valence electrons. The van der Waals surface area contributed by atoms with Gasteiger partial charge >= 0.3 is 0 Å². The second-order valence-corrected chi connectivity index (χ2v) is 11.0. The Bertz CT molecular complexity index is 735. The van der Waals surface area contributed by atoms with E-state index in [9.17, 15) is 0 Å². The highest BCUT2D eigenvalue weighted by Crippen LogP contribution is 2.46. The van der Waals surface area contributed by atoms with Gasteiger partial charge in [-0.25, -0.2) is 0 Å². The third kappa shape index (κ3) is 13.7. The van der Waals surface area contributed by atoms with Crippen LogP contribution >= 0.6 is 0 Å². The van der Waals surface area contributed by atoms with Gasteiger partial charge < -0.3 is 0 Å². The lowest BCUT2D eigenvalue weighted by Crippen LogP contribution is -2.26. The molecule has 0 aromatic rings. The Hall–Kier alpha value is -2.34. The lowest BCUT2D eigenvalue weighted by molar-refractivity contribution is 0.233. The summed E-state index contributed by atoms with van der Waals surface area (Å²) >= 11 is 0. The predicted octanol–water partition coefficient (Wildman–Crippen LogP) is 12.1. The average molecular weight is 503 g/mol. The van der Waals surface area contributed by atoms with Crippen molar-refractivity contribution in [2.24, 2.45) is 22.7 Å². The van der Waals surface area contributed by atoms with Crippen LogP contribution in [-0.2, 0) is 0 Å². The molecule has 37 heavy (non-hydrogen) atoms. The van der Waals surface area contributed by atoms with Crippen LogP contribution in [0.4, 0.5) is 0 Å². The molecule has 0 aromatic heterocycles. The van der Waals surface area contributed by atoms with Gasteiger partial charge in [0.05, 0.1) is 0 Å². The lowest BCUT2D eigenvalue weighted by atomic mass is 9.66. The molecule has 0 aliphatic carbocycles. The molecule has 0 heterocycles. The Kier molecular flexibility index (Phi) is 19.4. The van der Waals surface area contributed by atoms with Crippen LogP contribution in [0.15, 0.2) is 112 Å². The van der Waals surface area contributed by atoms with Crippen molar-refractivity contribution in [2.45, 2.75) is 97.3 Å². The fourth-order valence-corrected chi connectivity index (χ4v) is 5.41. The van der Waals surface area contributed by atoms with E-state index in [-0.39, 0.29) is 5.41 Å². The van der Waals surface area contributed by atoms with Gasteiger partial charge in [-0.3, -0.25) is 0 Å². The smallest absolute Gasteiger partial charge is 0.0445 e. The van der Waals surface area contributed by atoms with Crippen LogP contribution < -0.4 is 0 Å². The number of rotatable bonds is 25. The van der Waals surface area contributed by atoms with Crippen molar-refractivity contribution < 1.29 is 0 Å². The molecule has 0 saturated heterocycles. The Morgan fingerprint density at radius 1 is 0.730 bits per heavy atom. The van der Waals surface area contributed by atoms with E-state index in [0.717, 1.165) is 25.7 Å². The highest BCUT2D eigenvalue weighted by atomic mass is 14.4. The van der Waals surface area contributed by atoms with Gasteiger partial charge in [-0.05, 0) is 75.0 Å². The Labute approximate surface area is 232 Å². The second kappa shape index (κ2) is 20.7. The SMILES string of the molecule is C=CC=CCC(C)CC(C=C(CC(C)C=C)C(C=C)(C=C)C=C)(CCCCC=C)CCCCCCC=C. The summed E-state index contributed by atoms with van der Waals surface area (Å²) in [6.07, 6.45) is 36.3.